The third kappa shape index (κ3) is 2.59. The highest BCUT2D eigenvalue weighted by Crippen LogP contribution is 2.36. The number of nitrogens with zero attached hydrogens (tertiary/aromatic N) is 2. The van der Waals surface area contributed by atoms with E-state index in [1.807, 2.05) is 29.7 Å². The molecule has 1 saturated heterocycles. The number of rotatable bonds is 3. The van der Waals surface area contributed by atoms with E-state index in [1.165, 1.54) is 10.5 Å². The first-order valence-corrected chi connectivity index (χ1v) is 9.03. The van der Waals surface area contributed by atoms with Gasteiger partial charge in [-0.3, -0.25) is 14.5 Å². The molecular weight excluding hydrogens is 320 g/mol. The zero-order valence-electron chi connectivity index (χ0n) is 13.4. The minimum atomic E-state index is -0.169. The number of hydrogen-bond donors (Lipinski definition) is 0. The predicted octanol–water partition coefficient (Wildman–Crippen LogP) is 3.57. The maximum absolute atomic E-state index is 12.5. The number of imide groups is 1. The molecule has 24 heavy (non-hydrogen) atoms. The van der Waals surface area contributed by atoms with Gasteiger partial charge >= 0.3 is 0 Å². The molecule has 0 bridgehead atoms. The van der Waals surface area contributed by atoms with Gasteiger partial charge in [-0.15, -0.1) is 11.3 Å². The van der Waals surface area contributed by atoms with E-state index < -0.39 is 0 Å². The molecule has 2 aliphatic rings. The van der Waals surface area contributed by atoms with Gasteiger partial charge in [0, 0.05) is 10.9 Å². The Morgan fingerprint density at radius 2 is 1.71 bits per heavy atom. The third-order valence-corrected chi connectivity index (χ3v) is 5.71. The minimum absolute atomic E-state index is 0.0424. The van der Waals surface area contributed by atoms with Crippen molar-refractivity contribution in [1.82, 2.24) is 9.88 Å². The molecule has 0 unspecified atom stereocenters. The van der Waals surface area contributed by atoms with Crippen LogP contribution in [0.3, 0.4) is 0 Å². The summed E-state index contributed by atoms with van der Waals surface area (Å²) in [6.07, 6.45) is 5.37. The van der Waals surface area contributed by atoms with Gasteiger partial charge in [0.1, 0.15) is 5.01 Å². The number of amides is 2. The molecule has 4 nitrogen and oxygen atoms in total. The number of allylic oxidation sites excluding steroid dienone is 2. The summed E-state index contributed by atoms with van der Waals surface area (Å²) >= 11 is 1.55. The molecule has 0 saturated carbocycles. The van der Waals surface area contributed by atoms with Gasteiger partial charge in [-0.2, -0.15) is 0 Å². The maximum atomic E-state index is 12.5. The van der Waals surface area contributed by atoms with Crippen LogP contribution in [0.2, 0.25) is 0 Å². The average molecular weight is 338 g/mol. The van der Waals surface area contributed by atoms with E-state index in [1.54, 1.807) is 11.3 Å². The molecule has 0 spiro atoms. The van der Waals surface area contributed by atoms with Crippen LogP contribution in [0.25, 0.3) is 10.6 Å². The fraction of sp³-hybridized carbons (Fsp3) is 0.316. The largest absolute Gasteiger partial charge is 0.276 e. The second kappa shape index (κ2) is 5.98. The Hall–Kier alpha value is -2.27. The van der Waals surface area contributed by atoms with Crippen LogP contribution >= 0.6 is 11.3 Å². The molecule has 0 radical (unpaired) electrons. The van der Waals surface area contributed by atoms with Crippen molar-refractivity contribution in [3.8, 4) is 10.6 Å². The van der Waals surface area contributed by atoms with Gasteiger partial charge in [0.05, 0.1) is 24.1 Å². The van der Waals surface area contributed by atoms with Gasteiger partial charge < -0.3 is 0 Å². The standard InChI is InChI=1S/C19H18N2O2S/c1-12-6-8-13(9-7-12)17-20-14(11-24-17)10-21-18(22)15-4-2-3-5-16(15)19(21)23/h2-3,6-9,11,15-16H,4-5,10H2,1H3/t15-,16-/m0/s1. The molecular formula is C19H18N2O2S. The van der Waals surface area contributed by atoms with E-state index in [0.717, 1.165) is 16.3 Å². The number of hydrogen-bond acceptors (Lipinski definition) is 4. The lowest BCUT2D eigenvalue weighted by Crippen LogP contribution is -2.30. The highest BCUT2D eigenvalue weighted by molar-refractivity contribution is 7.13. The van der Waals surface area contributed by atoms with Crippen LogP contribution in [0.1, 0.15) is 24.1 Å². The van der Waals surface area contributed by atoms with E-state index >= 15 is 0 Å². The van der Waals surface area contributed by atoms with E-state index in [-0.39, 0.29) is 30.2 Å². The molecule has 122 valence electrons. The molecule has 1 aliphatic heterocycles. The quantitative estimate of drug-likeness (QED) is 0.635. The number of aromatic nitrogens is 1. The lowest BCUT2D eigenvalue weighted by molar-refractivity contribution is -0.140. The Balaban J connectivity index is 1.53. The average Bonchev–Trinajstić information content (AvgIpc) is 3.16. The SMILES string of the molecule is Cc1ccc(-c2nc(CN3C(=O)[C@H]4CC=CC[C@@H]4C3=O)cs2)cc1. The summed E-state index contributed by atoms with van der Waals surface area (Å²) in [5, 5.41) is 2.86. The van der Waals surface area contributed by atoms with Gasteiger partial charge in [-0.25, -0.2) is 4.98 Å². The summed E-state index contributed by atoms with van der Waals surface area (Å²) in [4.78, 5) is 31.0. The molecule has 1 aliphatic carbocycles. The third-order valence-electron chi connectivity index (χ3n) is 4.77. The Kier molecular flexibility index (Phi) is 3.81. The molecule has 4 rings (SSSR count). The topological polar surface area (TPSA) is 50.3 Å². The Morgan fingerprint density at radius 1 is 1.08 bits per heavy atom. The first kappa shape index (κ1) is 15.3. The van der Waals surface area contributed by atoms with Crippen molar-refractivity contribution in [3.05, 3.63) is 53.1 Å². The van der Waals surface area contributed by atoms with Crippen LogP contribution in [0, 0.1) is 18.8 Å². The van der Waals surface area contributed by atoms with Gasteiger partial charge in [-0.05, 0) is 19.8 Å². The molecule has 0 N–H and O–H groups in total. The van der Waals surface area contributed by atoms with Crippen molar-refractivity contribution in [2.75, 3.05) is 0 Å². The lowest BCUT2D eigenvalue weighted by Gasteiger charge is -2.14. The van der Waals surface area contributed by atoms with Gasteiger partial charge in [-0.1, -0.05) is 42.0 Å². The summed E-state index contributed by atoms with van der Waals surface area (Å²) in [7, 11) is 0. The zero-order valence-corrected chi connectivity index (χ0v) is 14.3. The Labute approximate surface area is 144 Å². The molecule has 5 heteroatoms. The fourth-order valence-corrected chi connectivity index (χ4v) is 4.21. The molecule has 1 aromatic heterocycles. The summed E-state index contributed by atoms with van der Waals surface area (Å²) in [5.41, 5.74) is 3.05. The van der Waals surface area contributed by atoms with Crippen molar-refractivity contribution < 1.29 is 9.59 Å². The number of fused-ring (bicyclic) bond motifs is 1. The number of aryl methyl sites for hydroxylation is 1. The molecule has 1 aromatic carbocycles. The smallest absolute Gasteiger partial charge is 0.233 e. The molecule has 2 aromatic rings. The van der Waals surface area contributed by atoms with Crippen LogP contribution in [0.15, 0.2) is 41.8 Å². The Morgan fingerprint density at radius 3 is 2.33 bits per heavy atom. The van der Waals surface area contributed by atoms with Crippen LogP contribution < -0.4 is 0 Å². The van der Waals surface area contributed by atoms with Gasteiger partial charge in [0.2, 0.25) is 11.8 Å². The van der Waals surface area contributed by atoms with Crippen molar-refractivity contribution in [1.29, 1.82) is 0 Å². The highest BCUT2D eigenvalue weighted by atomic mass is 32.1. The maximum Gasteiger partial charge on any atom is 0.233 e. The number of likely N-dealkylation sites (tertiary alicyclic amines) is 1. The number of carbonyl (C=O) groups is 2. The summed E-state index contributed by atoms with van der Waals surface area (Å²) < 4.78 is 0. The van der Waals surface area contributed by atoms with E-state index in [9.17, 15) is 9.59 Å². The van der Waals surface area contributed by atoms with Crippen molar-refractivity contribution in [2.45, 2.75) is 26.3 Å². The zero-order chi connectivity index (χ0) is 16.7. The normalized spacial score (nSPS) is 23.0. The van der Waals surface area contributed by atoms with Crippen molar-refractivity contribution in [3.63, 3.8) is 0 Å². The van der Waals surface area contributed by atoms with E-state index in [4.69, 9.17) is 0 Å². The van der Waals surface area contributed by atoms with Crippen LogP contribution in [0.4, 0.5) is 0 Å². The number of thiazole rings is 1. The molecule has 2 atom stereocenters. The first-order chi connectivity index (χ1) is 11.6. The number of benzene rings is 1. The van der Waals surface area contributed by atoms with Gasteiger partial charge in [0.15, 0.2) is 0 Å². The van der Waals surface area contributed by atoms with Crippen LogP contribution in [-0.4, -0.2) is 21.7 Å². The lowest BCUT2D eigenvalue weighted by atomic mass is 9.85. The van der Waals surface area contributed by atoms with Gasteiger partial charge in [0.25, 0.3) is 0 Å². The minimum Gasteiger partial charge on any atom is -0.276 e. The van der Waals surface area contributed by atoms with E-state index in [2.05, 4.69) is 24.0 Å². The second-order valence-corrected chi connectivity index (χ2v) is 7.29. The van der Waals surface area contributed by atoms with Crippen LogP contribution in [0.5, 0.6) is 0 Å². The highest BCUT2D eigenvalue weighted by Gasteiger charge is 2.47. The fourth-order valence-electron chi connectivity index (χ4n) is 3.40. The monoisotopic (exact) mass is 338 g/mol. The predicted molar refractivity (Wildman–Crippen MR) is 93.2 cm³/mol. The summed E-state index contributed by atoms with van der Waals surface area (Å²) in [5.74, 6) is -0.422. The number of carbonyl (C=O) groups excluding carboxylic acids is 2. The summed E-state index contributed by atoms with van der Waals surface area (Å²) in [6.45, 7) is 2.34. The summed E-state index contributed by atoms with van der Waals surface area (Å²) in [6, 6.07) is 8.21. The molecule has 1 fully saturated rings. The second-order valence-electron chi connectivity index (χ2n) is 6.43. The van der Waals surface area contributed by atoms with Crippen molar-refractivity contribution >= 4 is 23.2 Å². The molecule has 2 heterocycles. The molecule has 2 amide bonds. The van der Waals surface area contributed by atoms with Crippen molar-refractivity contribution in [2.24, 2.45) is 11.8 Å². The first-order valence-electron chi connectivity index (χ1n) is 8.15. The Bertz CT molecular complexity index is 796. The van der Waals surface area contributed by atoms with E-state index in [0.29, 0.717) is 12.8 Å². The van der Waals surface area contributed by atoms with Crippen LogP contribution in [-0.2, 0) is 16.1 Å².